The van der Waals surface area contributed by atoms with Crippen molar-refractivity contribution in [3.63, 3.8) is 0 Å². The maximum absolute atomic E-state index is 12.6. The Hall–Kier alpha value is -1.96. The van der Waals surface area contributed by atoms with Crippen molar-refractivity contribution < 1.29 is 9.59 Å². The van der Waals surface area contributed by atoms with E-state index in [-0.39, 0.29) is 11.8 Å². The lowest BCUT2D eigenvalue weighted by atomic mass is 9.93. The van der Waals surface area contributed by atoms with E-state index >= 15 is 0 Å². The first kappa shape index (κ1) is 19.4. The SMILES string of the molecule is Cn1cnnc1CCNC(=O)[C@H]1CCCN(C2CCN(C(=O)C3CC3)CC2)C1. The minimum absolute atomic E-state index is 0.0689. The maximum atomic E-state index is 12.6. The molecule has 3 aliphatic rings. The van der Waals surface area contributed by atoms with E-state index in [1.165, 1.54) is 0 Å². The van der Waals surface area contributed by atoms with Gasteiger partial charge in [-0.2, -0.15) is 0 Å². The molecule has 3 fully saturated rings. The third-order valence-corrected chi connectivity index (χ3v) is 6.50. The summed E-state index contributed by atoms with van der Waals surface area (Å²) < 4.78 is 1.88. The van der Waals surface area contributed by atoms with Crippen LogP contribution < -0.4 is 5.32 Å². The number of likely N-dealkylation sites (tertiary alicyclic amines) is 2. The Labute approximate surface area is 166 Å². The molecule has 8 heteroatoms. The topological polar surface area (TPSA) is 83.4 Å². The molecule has 1 atom stereocenters. The summed E-state index contributed by atoms with van der Waals surface area (Å²) in [5, 5.41) is 11.0. The molecule has 1 N–H and O–H groups in total. The smallest absolute Gasteiger partial charge is 0.225 e. The molecule has 0 bridgehead atoms. The molecule has 0 radical (unpaired) electrons. The first-order chi connectivity index (χ1) is 13.6. The average molecular weight is 389 g/mol. The van der Waals surface area contributed by atoms with Crippen molar-refractivity contribution in [3.05, 3.63) is 12.2 Å². The van der Waals surface area contributed by atoms with Gasteiger partial charge in [0.1, 0.15) is 12.2 Å². The van der Waals surface area contributed by atoms with Crippen LogP contribution in [0.4, 0.5) is 0 Å². The van der Waals surface area contributed by atoms with Gasteiger partial charge < -0.3 is 14.8 Å². The number of carbonyl (C=O) groups is 2. The van der Waals surface area contributed by atoms with Gasteiger partial charge in [0, 0.05) is 51.6 Å². The third-order valence-electron chi connectivity index (χ3n) is 6.50. The lowest BCUT2D eigenvalue weighted by Gasteiger charge is -2.42. The van der Waals surface area contributed by atoms with Crippen LogP contribution in [0.3, 0.4) is 0 Å². The number of hydrogen-bond donors (Lipinski definition) is 1. The second-order valence-corrected chi connectivity index (χ2v) is 8.56. The van der Waals surface area contributed by atoms with E-state index in [1.807, 2.05) is 11.6 Å². The zero-order valence-electron chi connectivity index (χ0n) is 16.8. The van der Waals surface area contributed by atoms with Crippen molar-refractivity contribution in [1.82, 2.24) is 29.9 Å². The normalized spacial score (nSPS) is 24.3. The van der Waals surface area contributed by atoms with Gasteiger partial charge in [0.05, 0.1) is 5.92 Å². The van der Waals surface area contributed by atoms with Gasteiger partial charge >= 0.3 is 0 Å². The Morgan fingerprint density at radius 1 is 1.11 bits per heavy atom. The highest BCUT2D eigenvalue weighted by atomic mass is 16.2. The van der Waals surface area contributed by atoms with Gasteiger partial charge in [0.25, 0.3) is 0 Å². The number of hydrogen-bond acceptors (Lipinski definition) is 5. The van der Waals surface area contributed by atoms with Crippen LogP contribution in [-0.4, -0.2) is 75.1 Å². The minimum atomic E-state index is 0.0689. The fourth-order valence-electron chi connectivity index (χ4n) is 4.57. The fourth-order valence-corrected chi connectivity index (χ4v) is 4.57. The van der Waals surface area contributed by atoms with Gasteiger partial charge in [0.15, 0.2) is 0 Å². The van der Waals surface area contributed by atoms with Crippen molar-refractivity contribution in [1.29, 1.82) is 0 Å². The molecule has 1 saturated carbocycles. The molecule has 1 aromatic rings. The standard InChI is InChI=1S/C20H32N6O2/c1-24-14-22-23-18(24)6-9-21-19(27)16-3-2-10-26(13-16)17-7-11-25(12-8-17)20(28)15-4-5-15/h14-17H,2-13H2,1H3,(H,21,27)/t16-/m0/s1. The molecule has 28 heavy (non-hydrogen) atoms. The third kappa shape index (κ3) is 4.54. The zero-order valence-corrected chi connectivity index (χ0v) is 16.8. The van der Waals surface area contributed by atoms with Gasteiger partial charge in [0.2, 0.25) is 11.8 Å². The summed E-state index contributed by atoms with van der Waals surface area (Å²) >= 11 is 0. The Bertz CT molecular complexity index is 693. The molecule has 0 unspecified atom stereocenters. The van der Waals surface area contributed by atoms with E-state index in [4.69, 9.17) is 0 Å². The predicted octanol–water partition coefficient (Wildman–Crippen LogP) is 0.587. The molecule has 2 aliphatic heterocycles. The number of rotatable bonds is 6. The molecule has 1 aliphatic carbocycles. The zero-order chi connectivity index (χ0) is 19.5. The van der Waals surface area contributed by atoms with Crippen LogP contribution in [0.1, 0.15) is 44.3 Å². The van der Waals surface area contributed by atoms with Crippen LogP contribution >= 0.6 is 0 Å². The van der Waals surface area contributed by atoms with E-state index < -0.39 is 0 Å². The molecular weight excluding hydrogens is 356 g/mol. The highest BCUT2D eigenvalue weighted by Crippen LogP contribution is 2.32. The van der Waals surface area contributed by atoms with Crippen molar-refractivity contribution in [2.75, 3.05) is 32.7 Å². The van der Waals surface area contributed by atoms with Crippen LogP contribution in [-0.2, 0) is 23.1 Å². The molecule has 2 saturated heterocycles. The van der Waals surface area contributed by atoms with Gasteiger partial charge in [-0.3, -0.25) is 14.5 Å². The summed E-state index contributed by atoms with van der Waals surface area (Å²) in [5.74, 6) is 1.81. The van der Waals surface area contributed by atoms with Crippen LogP contribution in [0.15, 0.2) is 6.33 Å². The second kappa shape index (κ2) is 8.59. The Kier molecular flexibility index (Phi) is 5.94. The van der Waals surface area contributed by atoms with E-state index in [9.17, 15) is 9.59 Å². The number of amides is 2. The summed E-state index contributed by atoms with van der Waals surface area (Å²) in [5.41, 5.74) is 0. The summed E-state index contributed by atoms with van der Waals surface area (Å²) in [4.78, 5) is 29.4. The Morgan fingerprint density at radius 2 is 1.89 bits per heavy atom. The van der Waals surface area contributed by atoms with Gasteiger partial charge in [-0.25, -0.2) is 0 Å². The van der Waals surface area contributed by atoms with E-state index in [0.29, 0.717) is 30.8 Å². The van der Waals surface area contributed by atoms with Crippen molar-refractivity contribution in [2.45, 2.75) is 51.0 Å². The second-order valence-electron chi connectivity index (χ2n) is 8.56. The van der Waals surface area contributed by atoms with Crippen molar-refractivity contribution in [2.24, 2.45) is 18.9 Å². The molecule has 0 aromatic carbocycles. The number of nitrogens with one attached hydrogen (secondary N) is 1. The summed E-state index contributed by atoms with van der Waals surface area (Å²) in [6.07, 6.45) is 8.66. The first-order valence-corrected chi connectivity index (χ1v) is 10.7. The largest absolute Gasteiger partial charge is 0.355 e. The van der Waals surface area contributed by atoms with Gasteiger partial charge in [-0.15, -0.1) is 10.2 Å². The molecule has 3 heterocycles. The van der Waals surface area contributed by atoms with Gasteiger partial charge in [-0.1, -0.05) is 0 Å². The summed E-state index contributed by atoms with van der Waals surface area (Å²) in [6.45, 7) is 4.28. The quantitative estimate of drug-likeness (QED) is 0.771. The number of nitrogens with zero attached hydrogens (tertiary/aromatic N) is 5. The van der Waals surface area contributed by atoms with Crippen LogP contribution in [0, 0.1) is 11.8 Å². The fraction of sp³-hybridized carbons (Fsp3) is 0.800. The monoisotopic (exact) mass is 388 g/mol. The lowest BCUT2D eigenvalue weighted by Crippen LogP contribution is -2.51. The van der Waals surface area contributed by atoms with Crippen molar-refractivity contribution >= 4 is 11.8 Å². The maximum Gasteiger partial charge on any atom is 0.225 e. The average Bonchev–Trinajstić information content (AvgIpc) is 3.50. The molecule has 0 spiro atoms. The molecule has 8 nitrogen and oxygen atoms in total. The van der Waals surface area contributed by atoms with E-state index in [2.05, 4.69) is 25.3 Å². The van der Waals surface area contributed by atoms with Crippen LogP contribution in [0.5, 0.6) is 0 Å². The number of carbonyl (C=O) groups excluding carboxylic acids is 2. The van der Waals surface area contributed by atoms with Crippen molar-refractivity contribution in [3.8, 4) is 0 Å². The van der Waals surface area contributed by atoms with Crippen LogP contribution in [0.2, 0.25) is 0 Å². The number of aryl methyl sites for hydroxylation is 1. The Morgan fingerprint density at radius 3 is 2.57 bits per heavy atom. The summed E-state index contributed by atoms with van der Waals surface area (Å²) in [6, 6.07) is 0.512. The highest BCUT2D eigenvalue weighted by molar-refractivity contribution is 5.81. The lowest BCUT2D eigenvalue weighted by molar-refractivity contribution is -0.134. The summed E-state index contributed by atoms with van der Waals surface area (Å²) in [7, 11) is 1.92. The minimum Gasteiger partial charge on any atom is -0.355 e. The molecular formula is C20H32N6O2. The Balaban J connectivity index is 1.21. The predicted molar refractivity (Wildman–Crippen MR) is 104 cm³/mol. The van der Waals surface area contributed by atoms with E-state index in [1.54, 1.807) is 6.33 Å². The van der Waals surface area contributed by atoms with E-state index in [0.717, 1.165) is 70.5 Å². The molecule has 4 rings (SSSR count). The number of aromatic nitrogens is 3. The number of piperidine rings is 2. The first-order valence-electron chi connectivity index (χ1n) is 10.7. The highest BCUT2D eigenvalue weighted by Gasteiger charge is 2.37. The molecule has 154 valence electrons. The molecule has 2 amide bonds. The van der Waals surface area contributed by atoms with Gasteiger partial charge in [-0.05, 0) is 45.1 Å². The molecule has 1 aromatic heterocycles. The van der Waals surface area contributed by atoms with Crippen LogP contribution in [0.25, 0.3) is 0 Å².